The molecule has 1 aromatic carbocycles. The van der Waals surface area contributed by atoms with Crippen LogP contribution in [0.15, 0.2) is 22.7 Å². The van der Waals surface area contributed by atoms with Crippen molar-refractivity contribution in [3.8, 4) is 6.07 Å². The molecule has 1 atom stereocenters. The maximum absolute atomic E-state index is 9.36. The smallest absolute Gasteiger partial charge is 0.240 e. The summed E-state index contributed by atoms with van der Waals surface area (Å²) < 4.78 is 10.5. The van der Waals surface area contributed by atoms with Crippen LogP contribution < -0.4 is 4.90 Å². The van der Waals surface area contributed by atoms with Crippen LogP contribution in [-0.2, 0) is 11.3 Å². The molecule has 26 heavy (non-hydrogen) atoms. The fourth-order valence-electron chi connectivity index (χ4n) is 3.02. The van der Waals surface area contributed by atoms with E-state index in [1.54, 1.807) is 19.2 Å². The van der Waals surface area contributed by atoms with E-state index in [1.807, 2.05) is 13.0 Å². The molecule has 138 valence electrons. The summed E-state index contributed by atoms with van der Waals surface area (Å²) in [5.74, 6) is 1.16. The van der Waals surface area contributed by atoms with Crippen molar-refractivity contribution in [1.82, 2.24) is 15.0 Å². The summed E-state index contributed by atoms with van der Waals surface area (Å²) >= 11 is 6.13. The molecule has 0 spiro atoms. The number of hydrogen-bond donors (Lipinski definition) is 0. The Morgan fingerprint density at radius 2 is 2.19 bits per heavy atom. The molecule has 0 radical (unpaired) electrons. The van der Waals surface area contributed by atoms with Gasteiger partial charge in [0, 0.05) is 38.3 Å². The molecule has 0 N–H and O–H groups in total. The van der Waals surface area contributed by atoms with Crippen LogP contribution in [0, 0.1) is 11.3 Å². The van der Waals surface area contributed by atoms with Gasteiger partial charge in [-0.05, 0) is 31.5 Å². The summed E-state index contributed by atoms with van der Waals surface area (Å²) in [4.78, 5) is 8.91. The molecular formula is C18H22ClN5O2. The second-order valence-corrected chi connectivity index (χ2v) is 6.75. The fraction of sp³-hybridized carbons (Fsp3) is 0.500. The number of halogens is 1. The zero-order valence-electron chi connectivity index (χ0n) is 15.0. The van der Waals surface area contributed by atoms with E-state index in [1.165, 1.54) is 0 Å². The molecule has 8 heteroatoms. The van der Waals surface area contributed by atoms with Gasteiger partial charge in [-0.3, -0.25) is 4.90 Å². The lowest BCUT2D eigenvalue weighted by molar-refractivity contribution is 0.109. The standard InChI is InChI=1S/C18H22ClN5O2/c1-13(25-2)18-21-17(26-22-18)12-23-6-3-7-24(9-8-23)16-10-15(19)5-4-14(16)11-20/h4-5,10,13H,3,6-9,12H2,1-2H3. The summed E-state index contributed by atoms with van der Waals surface area (Å²) in [6, 6.07) is 7.65. The van der Waals surface area contributed by atoms with E-state index in [2.05, 4.69) is 26.0 Å². The van der Waals surface area contributed by atoms with Crippen molar-refractivity contribution in [1.29, 1.82) is 5.26 Å². The Hall–Kier alpha value is -2.14. The van der Waals surface area contributed by atoms with Crippen LogP contribution in [-0.4, -0.2) is 48.3 Å². The van der Waals surface area contributed by atoms with Gasteiger partial charge in [0.15, 0.2) is 5.82 Å². The molecule has 0 aliphatic carbocycles. The Bertz CT molecular complexity index is 788. The molecule has 0 saturated carbocycles. The average Bonchev–Trinajstić information content (AvgIpc) is 2.99. The number of nitriles is 1. The Kier molecular flexibility index (Phi) is 6.09. The highest BCUT2D eigenvalue weighted by molar-refractivity contribution is 6.30. The number of rotatable bonds is 5. The first-order valence-corrected chi connectivity index (χ1v) is 9.00. The largest absolute Gasteiger partial charge is 0.374 e. The average molecular weight is 376 g/mol. The predicted molar refractivity (Wildman–Crippen MR) is 98.0 cm³/mol. The van der Waals surface area contributed by atoms with Gasteiger partial charge in [0.2, 0.25) is 5.89 Å². The highest BCUT2D eigenvalue weighted by atomic mass is 35.5. The quantitative estimate of drug-likeness (QED) is 0.794. The van der Waals surface area contributed by atoms with Gasteiger partial charge in [-0.2, -0.15) is 10.2 Å². The van der Waals surface area contributed by atoms with E-state index in [0.717, 1.165) is 38.3 Å². The maximum atomic E-state index is 9.36. The number of methoxy groups -OCH3 is 1. The fourth-order valence-corrected chi connectivity index (χ4v) is 3.19. The first kappa shape index (κ1) is 18.6. The summed E-state index contributed by atoms with van der Waals surface area (Å²) in [6.07, 6.45) is 0.798. The van der Waals surface area contributed by atoms with Gasteiger partial charge in [-0.15, -0.1) is 0 Å². The van der Waals surface area contributed by atoms with E-state index < -0.39 is 0 Å². The van der Waals surface area contributed by atoms with Crippen molar-refractivity contribution in [2.75, 3.05) is 38.2 Å². The van der Waals surface area contributed by atoms with Crippen LogP contribution in [0.1, 0.15) is 36.7 Å². The van der Waals surface area contributed by atoms with Crippen molar-refractivity contribution in [2.24, 2.45) is 0 Å². The van der Waals surface area contributed by atoms with Crippen LogP contribution >= 0.6 is 11.6 Å². The van der Waals surface area contributed by atoms with Crippen molar-refractivity contribution in [3.63, 3.8) is 0 Å². The van der Waals surface area contributed by atoms with Crippen LogP contribution in [0.4, 0.5) is 5.69 Å². The zero-order chi connectivity index (χ0) is 18.5. The Balaban J connectivity index is 1.65. The normalized spacial score (nSPS) is 16.9. The summed E-state index contributed by atoms with van der Waals surface area (Å²) in [5, 5.41) is 14.0. The van der Waals surface area contributed by atoms with E-state index in [4.69, 9.17) is 20.9 Å². The molecule has 2 aromatic rings. The van der Waals surface area contributed by atoms with Crippen LogP contribution in [0.25, 0.3) is 0 Å². The minimum atomic E-state index is -0.181. The van der Waals surface area contributed by atoms with Crippen molar-refractivity contribution in [3.05, 3.63) is 40.5 Å². The summed E-state index contributed by atoms with van der Waals surface area (Å²) in [7, 11) is 1.62. The van der Waals surface area contributed by atoms with Gasteiger partial charge in [-0.25, -0.2) is 0 Å². The molecule has 1 unspecified atom stereocenters. The molecule has 0 bridgehead atoms. The number of anilines is 1. The number of aromatic nitrogens is 2. The predicted octanol–water partition coefficient (Wildman–Crippen LogP) is 3.01. The first-order chi connectivity index (χ1) is 12.6. The van der Waals surface area contributed by atoms with E-state index in [0.29, 0.717) is 28.8 Å². The van der Waals surface area contributed by atoms with E-state index in [9.17, 15) is 5.26 Å². The Morgan fingerprint density at radius 3 is 2.96 bits per heavy atom. The van der Waals surface area contributed by atoms with E-state index in [-0.39, 0.29) is 6.10 Å². The molecule has 1 aliphatic heterocycles. The highest BCUT2D eigenvalue weighted by Crippen LogP contribution is 2.25. The Morgan fingerprint density at radius 1 is 1.35 bits per heavy atom. The molecule has 3 rings (SSSR count). The number of hydrogen-bond acceptors (Lipinski definition) is 7. The minimum absolute atomic E-state index is 0.181. The monoisotopic (exact) mass is 375 g/mol. The Labute approximate surface area is 158 Å². The molecule has 7 nitrogen and oxygen atoms in total. The number of ether oxygens (including phenoxy) is 1. The van der Waals surface area contributed by atoms with Crippen molar-refractivity contribution < 1.29 is 9.26 Å². The molecule has 1 aromatic heterocycles. The van der Waals surface area contributed by atoms with Crippen molar-refractivity contribution >= 4 is 17.3 Å². The summed E-state index contributed by atoms with van der Waals surface area (Å²) in [5.41, 5.74) is 1.55. The van der Waals surface area contributed by atoms with Gasteiger partial charge >= 0.3 is 0 Å². The van der Waals surface area contributed by atoms with Gasteiger partial charge in [-0.1, -0.05) is 16.8 Å². The zero-order valence-corrected chi connectivity index (χ0v) is 15.7. The van der Waals surface area contributed by atoms with Crippen LogP contribution in [0.3, 0.4) is 0 Å². The second-order valence-electron chi connectivity index (χ2n) is 6.31. The third-order valence-corrected chi connectivity index (χ3v) is 4.80. The lowest BCUT2D eigenvalue weighted by atomic mass is 10.1. The SMILES string of the molecule is COC(C)c1noc(CN2CCCN(c3cc(Cl)ccc3C#N)CC2)n1. The topological polar surface area (TPSA) is 78.4 Å². The number of benzene rings is 1. The lowest BCUT2D eigenvalue weighted by Crippen LogP contribution is -2.31. The second kappa shape index (κ2) is 8.49. The minimum Gasteiger partial charge on any atom is -0.374 e. The molecule has 1 fully saturated rings. The third kappa shape index (κ3) is 4.33. The molecular weight excluding hydrogens is 354 g/mol. The van der Waals surface area contributed by atoms with Crippen LogP contribution in [0.2, 0.25) is 5.02 Å². The maximum Gasteiger partial charge on any atom is 0.240 e. The van der Waals surface area contributed by atoms with Gasteiger partial charge in [0.25, 0.3) is 0 Å². The van der Waals surface area contributed by atoms with Crippen molar-refractivity contribution in [2.45, 2.75) is 26.0 Å². The third-order valence-electron chi connectivity index (χ3n) is 4.57. The lowest BCUT2D eigenvalue weighted by Gasteiger charge is -2.24. The molecule has 1 saturated heterocycles. The van der Waals surface area contributed by atoms with Gasteiger partial charge < -0.3 is 14.2 Å². The number of nitrogens with zero attached hydrogens (tertiary/aromatic N) is 5. The summed E-state index contributed by atoms with van der Waals surface area (Å²) in [6.45, 7) is 5.95. The first-order valence-electron chi connectivity index (χ1n) is 8.63. The molecule has 2 heterocycles. The van der Waals surface area contributed by atoms with Gasteiger partial charge in [0.1, 0.15) is 12.2 Å². The highest BCUT2D eigenvalue weighted by Gasteiger charge is 2.20. The van der Waals surface area contributed by atoms with E-state index >= 15 is 0 Å². The van der Waals surface area contributed by atoms with Gasteiger partial charge in [0.05, 0.1) is 17.8 Å². The molecule has 1 aliphatic rings. The molecule has 0 amide bonds. The van der Waals surface area contributed by atoms with Crippen LogP contribution in [0.5, 0.6) is 0 Å².